The number of carbonyl (C=O) groups excluding carboxylic acids is 1. The lowest BCUT2D eigenvalue weighted by molar-refractivity contribution is -0.440. The number of carbonyl (C=O) groups is 1. The first-order valence-corrected chi connectivity index (χ1v) is 11.5. The first-order valence-electron chi connectivity index (χ1n) is 11.5. The number of ether oxygens (including phenoxy) is 2. The van der Waals surface area contributed by atoms with E-state index in [2.05, 4.69) is 4.74 Å². The quantitative estimate of drug-likeness (QED) is 0.158. The molecule has 0 aromatic heterocycles. The molecule has 3 rings (SSSR count). The molecule has 0 heterocycles. The Morgan fingerprint density at radius 3 is 1.76 bits per heavy atom. The third kappa shape index (κ3) is 5.93. The van der Waals surface area contributed by atoms with E-state index in [4.69, 9.17) is 4.74 Å². The minimum atomic E-state index is -7.99. The number of alkyl halides is 13. The molecule has 0 aliphatic rings. The van der Waals surface area contributed by atoms with Gasteiger partial charge in [0.25, 0.3) is 0 Å². The van der Waals surface area contributed by atoms with Crippen molar-refractivity contribution < 1.29 is 71.3 Å². The smallest absolute Gasteiger partial charge is 0.460 e. The lowest BCUT2D eigenvalue weighted by Gasteiger charge is -2.39. The van der Waals surface area contributed by atoms with Crippen molar-refractivity contribution in [3.63, 3.8) is 0 Å². The second-order valence-electron chi connectivity index (χ2n) is 8.88. The van der Waals surface area contributed by atoms with Gasteiger partial charge in [0, 0.05) is 0 Å². The molecule has 0 amide bonds. The predicted octanol–water partition coefficient (Wildman–Crippen LogP) is 8.70. The highest BCUT2D eigenvalue weighted by atomic mass is 19.4. The second kappa shape index (κ2) is 11.2. The van der Waals surface area contributed by atoms with Crippen LogP contribution in [0.5, 0.6) is 5.75 Å². The summed E-state index contributed by atoms with van der Waals surface area (Å²) in [6.07, 6.45) is -10.1. The highest BCUT2D eigenvalue weighted by Gasteiger charge is 2.90. The monoisotopic (exact) mass is 624 g/mol. The molecular formula is C26H17F13O3. The molecule has 0 saturated heterocycles. The summed E-state index contributed by atoms with van der Waals surface area (Å²) in [5.74, 6) is -38.5. The molecule has 0 aliphatic heterocycles. The summed E-state index contributed by atoms with van der Waals surface area (Å²) in [7, 11) is 0. The third-order valence-electron chi connectivity index (χ3n) is 5.94. The predicted molar refractivity (Wildman–Crippen MR) is 120 cm³/mol. The van der Waals surface area contributed by atoms with Crippen molar-refractivity contribution in [2.75, 3.05) is 6.61 Å². The van der Waals surface area contributed by atoms with E-state index < -0.39 is 54.8 Å². The van der Waals surface area contributed by atoms with Crippen LogP contribution in [0.2, 0.25) is 0 Å². The molecule has 0 radical (unpaired) electrons. The average Bonchev–Trinajstić information content (AvgIpc) is 2.90. The summed E-state index contributed by atoms with van der Waals surface area (Å²) in [6.45, 7) is -1.60. The van der Waals surface area contributed by atoms with Crippen LogP contribution >= 0.6 is 0 Å². The Labute approximate surface area is 227 Å². The Kier molecular flexibility index (Phi) is 8.72. The second-order valence-corrected chi connectivity index (χ2v) is 8.88. The minimum Gasteiger partial charge on any atom is -0.489 e. The largest absolute Gasteiger partial charge is 0.489 e. The van der Waals surface area contributed by atoms with Gasteiger partial charge in [0.05, 0.1) is 18.6 Å². The molecule has 0 saturated carbocycles. The van der Waals surface area contributed by atoms with Crippen molar-refractivity contribution in [2.45, 2.75) is 48.8 Å². The van der Waals surface area contributed by atoms with Crippen LogP contribution in [-0.2, 0) is 11.3 Å². The summed E-state index contributed by atoms with van der Waals surface area (Å²) >= 11 is 0. The van der Waals surface area contributed by atoms with E-state index in [0.717, 1.165) is 11.6 Å². The standard InChI is InChI=1S/C26H17F13O3/c27-21(28,22(29,30)23(31,32)24(33,34)25(35,36)26(37,38)39)10-11-41-20(40)18-7-6-17-13-19(9-8-16(17)12-18)42-14-15-4-2-1-3-5-15/h1-9,12-13H,10-11,14H2. The first kappa shape index (κ1) is 32.8. The van der Waals surface area contributed by atoms with Gasteiger partial charge in [-0.1, -0.05) is 42.5 Å². The zero-order chi connectivity index (χ0) is 31.8. The van der Waals surface area contributed by atoms with Crippen LogP contribution < -0.4 is 4.74 Å². The number of hydrogen-bond donors (Lipinski definition) is 0. The Morgan fingerprint density at radius 1 is 0.619 bits per heavy atom. The topological polar surface area (TPSA) is 35.5 Å². The summed E-state index contributed by atoms with van der Waals surface area (Å²) in [5.41, 5.74) is 0.521. The molecule has 0 spiro atoms. The van der Waals surface area contributed by atoms with E-state index in [9.17, 15) is 61.9 Å². The van der Waals surface area contributed by atoms with E-state index in [0.29, 0.717) is 16.5 Å². The van der Waals surface area contributed by atoms with Gasteiger partial charge in [-0.25, -0.2) is 4.79 Å². The van der Waals surface area contributed by atoms with E-state index in [-0.39, 0.29) is 12.2 Å². The lowest BCUT2D eigenvalue weighted by Crippen LogP contribution is -2.70. The zero-order valence-corrected chi connectivity index (χ0v) is 20.6. The average molecular weight is 624 g/mol. The Morgan fingerprint density at radius 2 is 1.17 bits per heavy atom. The van der Waals surface area contributed by atoms with Gasteiger partial charge >= 0.3 is 41.8 Å². The normalized spacial score (nSPS) is 13.7. The summed E-state index contributed by atoms with van der Waals surface area (Å²) < 4.78 is 181. The van der Waals surface area contributed by atoms with Crippen molar-refractivity contribution in [1.29, 1.82) is 0 Å². The van der Waals surface area contributed by atoms with Crippen molar-refractivity contribution in [3.05, 3.63) is 77.9 Å². The number of rotatable bonds is 11. The van der Waals surface area contributed by atoms with Crippen LogP contribution in [0.15, 0.2) is 66.7 Å². The highest BCUT2D eigenvalue weighted by Crippen LogP contribution is 2.60. The molecule has 230 valence electrons. The SMILES string of the molecule is O=C(OCCC(F)(F)C(F)(F)C(F)(F)C(F)(F)C(F)(F)C(F)(F)F)c1ccc2cc(OCc3ccccc3)ccc2c1. The highest BCUT2D eigenvalue weighted by molar-refractivity contribution is 5.95. The van der Waals surface area contributed by atoms with E-state index >= 15 is 0 Å². The van der Waals surface area contributed by atoms with Gasteiger partial charge in [0.1, 0.15) is 12.4 Å². The van der Waals surface area contributed by atoms with Gasteiger partial charge in [-0.05, 0) is 40.6 Å². The first-order chi connectivity index (χ1) is 19.2. The molecular weight excluding hydrogens is 607 g/mol. The van der Waals surface area contributed by atoms with Gasteiger partial charge in [-0.2, -0.15) is 57.1 Å². The van der Waals surface area contributed by atoms with Gasteiger partial charge in [0.2, 0.25) is 0 Å². The Hall–Kier alpha value is -3.72. The summed E-state index contributed by atoms with van der Waals surface area (Å²) in [4.78, 5) is 12.2. The number of hydrogen-bond acceptors (Lipinski definition) is 3. The molecule has 0 unspecified atom stereocenters. The molecule has 0 bridgehead atoms. The minimum absolute atomic E-state index is 0.231. The zero-order valence-electron chi connectivity index (χ0n) is 20.6. The third-order valence-corrected chi connectivity index (χ3v) is 5.94. The fourth-order valence-electron chi connectivity index (χ4n) is 3.50. The fraction of sp³-hybridized carbons (Fsp3) is 0.346. The van der Waals surface area contributed by atoms with Gasteiger partial charge < -0.3 is 9.47 Å². The maximum Gasteiger partial charge on any atom is 0.460 e. The molecule has 0 atom stereocenters. The molecule has 3 aromatic carbocycles. The van der Waals surface area contributed by atoms with Crippen molar-refractivity contribution >= 4 is 16.7 Å². The molecule has 0 N–H and O–H groups in total. The van der Waals surface area contributed by atoms with Gasteiger partial charge in [-0.15, -0.1) is 0 Å². The Balaban J connectivity index is 1.67. The maximum absolute atomic E-state index is 13.9. The van der Waals surface area contributed by atoms with Crippen LogP contribution in [0.4, 0.5) is 57.1 Å². The molecule has 16 heteroatoms. The van der Waals surface area contributed by atoms with E-state index in [1.807, 2.05) is 18.2 Å². The van der Waals surface area contributed by atoms with Crippen molar-refractivity contribution in [3.8, 4) is 5.75 Å². The van der Waals surface area contributed by atoms with Crippen LogP contribution in [0, 0.1) is 0 Å². The van der Waals surface area contributed by atoms with Gasteiger partial charge in [0.15, 0.2) is 0 Å². The Bertz CT molecular complexity index is 1400. The van der Waals surface area contributed by atoms with Crippen molar-refractivity contribution in [2.24, 2.45) is 0 Å². The molecule has 3 nitrogen and oxygen atoms in total. The number of fused-ring (bicyclic) bond motifs is 1. The maximum atomic E-state index is 13.9. The molecule has 42 heavy (non-hydrogen) atoms. The summed E-state index contributed by atoms with van der Waals surface area (Å²) in [6, 6.07) is 17.3. The fourth-order valence-corrected chi connectivity index (χ4v) is 3.50. The van der Waals surface area contributed by atoms with E-state index in [1.165, 1.54) is 24.3 Å². The molecule has 0 fully saturated rings. The van der Waals surface area contributed by atoms with Crippen LogP contribution in [0.25, 0.3) is 10.8 Å². The number of halogens is 13. The molecule has 0 aliphatic carbocycles. The van der Waals surface area contributed by atoms with Crippen LogP contribution in [0.3, 0.4) is 0 Å². The van der Waals surface area contributed by atoms with Crippen molar-refractivity contribution in [1.82, 2.24) is 0 Å². The summed E-state index contributed by atoms with van der Waals surface area (Å²) in [5, 5.41) is 0.892. The lowest BCUT2D eigenvalue weighted by atomic mass is 9.93. The van der Waals surface area contributed by atoms with Crippen LogP contribution in [-0.4, -0.2) is 48.4 Å². The van der Waals surface area contributed by atoms with E-state index in [1.54, 1.807) is 18.2 Å². The molecule has 3 aromatic rings. The van der Waals surface area contributed by atoms with Crippen LogP contribution in [0.1, 0.15) is 22.3 Å². The number of benzene rings is 3. The number of esters is 1. The van der Waals surface area contributed by atoms with Gasteiger partial charge in [-0.3, -0.25) is 0 Å².